The number of amides is 2. The normalized spacial score (nSPS) is 17.0. The number of halogens is 6. The molecule has 19 heteroatoms. The average Bonchev–Trinajstić information content (AvgIpc) is 3.79. The first kappa shape index (κ1) is 39.5. The van der Waals surface area contributed by atoms with E-state index in [2.05, 4.69) is 9.97 Å². The fourth-order valence-corrected chi connectivity index (χ4v) is 7.05. The Bertz CT molecular complexity index is 2630. The van der Waals surface area contributed by atoms with Crippen molar-refractivity contribution in [3.63, 3.8) is 0 Å². The lowest BCUT2D eigenvalue weighted by Crippen LogP contribution is -2.28. The Kier molecular flexibility index (Phi) is 9.96. The van der Waals surface area contributed by atoms with Gasteiger partial charge in [-0.25, -0.2) is 14.4 Å². The average molecular weight is 835 g/mol. The summed E-state index contributed by atoms with van der Waals surface area (Å²) in [5, 5.41) is 0.834. The van der Waals surface area contributed by atoms with Gasteiger partial charge in [0.1, 0.15) is 13.2 Å². The standard InChI is InChI=1S/C41H28F6N4O9/c42-40(43,44)31-7-3-1-5-27(31)33-13-21-9-11-23(15-29(21)35(52)48-33)50-17-25(59-37(50)54)19-57-39(56)58-20-26-18-51(38(55)60-26)24-12-10-22-14-34(49-36(53)30(22)16-24)28-6-2-4-8-32(28)41(45,46)47/h1-16,25-26H,17-20H2,(H,48,52)(H,49,53). The van der Waals surface area contributed by atoms with Gasteiger partial charge in [-0.05, 0) is 59.3 Å². The van der Waals surface area contributed by atoms with Crippen LogP contribution in [0.3, 0.4) is 0 Å². The number of rotatable bonds is 8. The zero-order valence-electron chi connectivity index (χ0n) is 30.6. The highest BCUT2D eigenvalue weighted by Gasteiger charge is 2.37. The highest BCUT2D eigenvalue weighted by Crippen LogP contribution is 2.38. The summed E-state index contributed by atoms with van der Waals surface area (Å²) in [5.74, 6) is 0. The van der Waals surface area contributed by atoms with E-state index in [-0.39, 0.29) is 57.8 Å². The molecule has 0 spiro atoms. The number of carbonyl (C=O) groups is 3. The molecule has 2 saturated heterocycles. The van der Waals surface area contributed by atoms with E-state index >= 15 is 0 Å². The second-order valence-electron chi connectivity index (χ2n) is 13.8. The predicted molar refractivity (Wildman–Crippen MR) is 203 cm³/mol. The molecule has 0 saturated carbocycles. The Labute approximate surface area is 332 Å². The SMILES string of the molecule is O=C(OCC1CN(c2ccc3cc(-c4ccccc4C(F)(F)F)[nH]c(=O)c3c2)C(=O)O1)OCC1CN(c2ccc3cc(-c4ccccc4C(F)(F)F)[nH]c(=O)c3c2)C(=O)O1. The number of anilines is 2. The molecule has 2 aliphatic heterocycles. The number of hydrogen-bond donors (Lipinski definition) is 2. The van der Waals surface area contributed by atoms with Gasteiger partial charge in [0, 0.05) is 44.7 Å². The third-order valence-electron chi connectivity index (χ3n) is 9.85. The van der Waals surface area contributed by atoms with Crippen LogP contribution in [-0.4, -0.2) is 66.8 Å². The lowest BCUT2D eigenvalue weighted by Gasteiger charge is -2.15. The van der Waals surface area contributed by atoms with E-state index in [0.717, 1.165) is 12.1 Å². The van der Waals surface area contributed by atoms with Crippen molar-refractivity contribution in [1.29, 1.82) is 0 Å². The van der Waals surface area contributed by atoms with Crippen molar-refractivity contribution < 1.29 is 59.7 Å². The number of fused-ring (bicyclic) bond motifs is 2. The first-order valence-corrected chi connectivity index (χ1v) is 18.0. The summed E-state index contributed by atoms with van der Waals surface area (Å²) in [4.78, 5) is 71.3. The molecule has 60 heavy (non-hydrogen) atoms. The van der Waals surface area contributed by atoms with Gasteiger partial charge >= 0.3 is 30.7 Å². The van der Waals surface area contributed by atoms with Crippen molar-refractivity contribution in [2.45, 2.75) is 24.6 Å². The summed E-state index contributed by atoms with van der Waals surface area (Å²) in [5.41, 5.74) is -3.22. The molecule has 8 rings (SSSR count). The number of aromatic nitrogens is 2. The number of benzene rings is 4. The van der Waals surface area contributed by atoms with Crippen molar-refractivity contribution in [3.8, 4) is 22.5 Å². The fraction of sp³-hybridized carbons (Fsp3) is 0.195. The number of cyclic esters (lactones) is 2. The number of pyridine rings is 2. The van der Waals surface area contributed by atoms with Gasteiger partial charge in [-0.2, -0.15) is 26.3 Å². The van der Waals surface area contributed by atoms with E-state index in [1.165, 1.54) is 94.7 Å². The topological polar surface area (TPSA) is 160 Å². The number of ether oxygens (including phenoxy) is 4. The number of aromatic amines is 2. The Morgan fingerprint density at radius 3 is 1.40 bits per heavy atom. The van der Waals surface area contributed by atoms with Crippen LogP contribution in [0.25, 0.3) is 44.1 Å². The largest absolute Gasteiger partial charge is 0.508 e. The number of carbonyl (C=O) groups excluding carboxylic acids is 3. The van der Waals surface area contributed by atoms with Crippen LogP contribution >= 0.6 is 0 Å². The number of alkyl halides is 6. The number of nitrogens with one attached hydrogen (secondary N) is 2. The smallest absolute Gasteiger partial charge is 0.440 e. The highest BCUT2D eigenvalue weighted by molar-refractivity contribution is 5.96. The molecule has 13 nitrogen and oxygen atoms in total. The molecular formula is C41H28F6N4O9. The molecule has 2 aliphatic rings. The van der Waals surface area contributed by atoms with Crippen molar-refractivity contribution in [2.75, 3.05) is 36.1 Å². The minimum absolute atomic E-state index is 0.0416. The molecule has 6 aromatic rings. The Hall–Kier alpha value is -7.31. The third-order valence-corrected chi connectivity index (χ3v) is 9.85. The molecule has 4 heterocycles. The van der Waals surface area contributed by atoms with E-state index in [1.807, 2.05) is 0 Å². The minimum atomic E-state index is -4.66. The van der Waals surface area contributed by atoms with Gasteiger partial charge in [0.15, 0.2) is 12.2 Å². The predicted octanol–water partition coefficient (Wildman–Crippen LogP) is 8.25. The molecular weight excluding hydrogens is 806 g/mol. The summed E-state index contributed by atoms with van der Waals surface area (Å²) in [7, 11) is 0. The van der Waals surface area contributed by atoms with Crippen LogP contribution in [0.4, 0.5) is 52.1 Å². The molecule has 4 aromatic carbocycles. The van der Waals surface area contributed by atoms with Crippen LogP contribution in [-0.2, 0) is 31.3 Å². The van der Waals surface area contributed by atoms with Crippen molar-refractivity contribution in [1.82, 2.24) is 9.97 Å². The molecule has 2 unspecified atom stereocenters. The summed E-state index contributed by atoms with van der Waals surface area (Å²) < 4.78 is 103. The van der Waals surface area contributed by atoms with Gasteiger partial charge in [-0.1, -0.05) is 48.5 Å². The molecule has 2 amide bonds. The maximum absolute atomic E-state index is 13.6. The van der Waals surface area contributed by atoms with Crippen molar-refractivity contribution in [3.05, 3.63) is 129 Å². The molecule has 0 aliphatic carbocycles. The van der Waals surface area contributed by atoms with Gasteiger partial charge in [0.25, 0.3) is 11.1 Å². The first-order valence-electron chi connectivity index (χ1n) is 18.0. The summed E-state index contributed by atoms with van der Waals surface area (Å²) in [6, 6.07) is 21.1. The summed E-state index contributed by atoms with van der Waals surface area (Å²) >= 11 is 0. The molecule has 2 atom stereocenters. The van der Waals surface area contributed by atoms with E-state index in [4.69, 9.17) is 18.9 Å². The van der Waals surface area contributed by atoms with Crippen molar-refractivity contribution in [2.24, 2.45) is 0 Å². The third kappa shape index (κ3) is 7.80. The second-order valence-corrected chi connectivity index (χ2v) is 13.8. The number of nitrogens with zero attached hydrogens (tertiary/aromatic N) is 2. The van der Waals surface area contributed by atoms with Crippen LogP contribution in [0.15, 0.2) is 107 Å². The van der Waals surface area contributed by atoms with Gasteiger partial charge in [0.05, 0.1) is 24.2 Å². The highest BCUT2D eigenvalue weighted by atomic mass is 19.4. The van der Waals surface area contributed by atoms with E-state index in [9.17, 15) is 50.3 Å². The van der Waals surface area contributed by atoms with E-state index in [0.29, 0.717) is 10.8 Å². The van der Waals surface area contributed by atoms with Crippen molar-refractivity contribution >= 4 is 51.3 Å². The number of hydrogen-bond acceptors (Lipinski definition) is 9. The molecule has 2 aromatic heterocycles. The zero-order chi connectivity index (χ0) is 42.5. The zero-order valence-corrected chi connectivity index (χ0v) is 30.6. The number of H-pyrrole nitrogens is 2. The van der Waals surface area contributed by atoms with Gasteiger partial charge in [-0.15, -0.1) is 0 Å². The Morgan fingerprint density at radius 2 is 1.00 bits per heavy atom. The first-order chi connectivity index (χ1) is 28.5. The van der Waals surface area contributed by atoms with E-state index in [1.54, 1.807) is 0 Å². The lowest BCUT2D eigenvalue weighted by atomic mass is 10.0. The monoisotopic (exact) mass is 834 g/mol. The maximum atomic E-state index is 13.6. The minimum Gasteiger partial charge on any atom is -0.440 e. The second kappa shape index (κ2) is 15.1. The van der Waals surface area contributed by atoms with E-state index < -0.39 is 78.4 Å². The van der Waals surface area contributed by atoms with Crippen LogP contribution in [0.5, 0.6) is 0 Å². The van der Waals surface area contributed by atoms with Crippen LogP contribution in [0, 0.1) is 0 Å². The molecule has 308 valence electrons. The molecule has 2 fully saturated rings. The van der Waals surface area contributed by atoms with Crippen LogP contribution in [0.1, 0.15) is 11.1 Å². The van der Waals surface area contributed by atoms with Gasteiger partial charge in [0.2, 0.25) is 0 Å². The molecule has 0 bridgehead atoms. The summed E-state index contributed by atoms with van der Waals surface area (Å²) in [6.45, 7) is -1.05. The van der Waals surface area contributed by atoms with Gasteiger partial charge in [-0.3, -0.25) is 19.4 Å². The Morgan fingerprint density at radius 1 is 0.600 bits per heavy atom. The summed E-state index contributed by atoms with van der Waals surface area (Å²) in [6.07, 6.45) is -14.0. The van der Waals surface area contributed by atoms with Gasteiger partial charge < -0.3 is 28.9 Å². The molecule has 0 radical (unpaired) electrons. The van der Waals surface area contributed by atoms with Crippen LogP contribution < -0.4 is 20.9 Å². The quantitative estimate of drug-likeness (QED) is 0.0875. The maximum Gasteiger partial charge on any atom is 0.508 e. The Balaban J connectivity index is 0.859. The molecule has 2 N–H and O–H groups in total. The fourth-order valence-electron chi connectivity index (χ4n) is 7.05. The van der Waals surface area contributed by atoms with Crippen LogP contribution in [0.2, 0.25) is 0 Å². The lowest BCUT2D eigenvalue weighted by molar-refractivity contribution is -0.137.